The number of nitrogens with zero attached hydrogens (tertiary/aromatic N) is 3. The molecule has 7 heteroatoms. The van der Waals surface area contributed by atoms with Crippen LogP contribution in [-0.2, 0) is 11.2 Å². The number of aromatic nitrogens is 3. The van der Waals surface area contributed by atoms with Gasteiger partial charge in [0, 0.05) is 19.5 Å². The number of ether oxygens (including phenoxy) is 1. The lowest BCUT2D eigenvalue weighted by Gasteiger charge is -2.07. The first kappa shape index (κ1) is 14.7. The Labute approximate surface area is 107 Å². The lowest BCUT2D eigenvalue weighted by Crippen LogP contribution is -2.16. The third-order valence-electron chi connectivity index (χ3n) is 2.15. The van der Waals surface area contributed by atoms with Crippen molar-refractivity contribution in [1.82, 2.24) is 20.3 Å². The molecule has 0 aliphatic carbocycles. The standard InChI is InChI=1S/C11H21N5O2/c1-9-14-10(3-7-18-8-5-12-2)16-11(15-9)13-4-6-17/h12,17H,3-8H2,1-2H3,(H,13,14,15,16). The van der Waals surface area contributed by atoms with Gasteiger partial charge in [0.25, 0.3) is 0 Å². The first-order chi connectivity index (χ1) is 8.76. The fraction of sp³-hybridized carbons (Fsp3) is 0.727. The SMILES string of the molecule is CNCCOCCc1nc(C)nc(NCCO)n1. The van der Waals surface area contributed by atoms with Gasteiger partial charge >= 0.3 is 0 Å². The molecule has 0 fully saturated rings. The van der Waals surface area contributed by atoms with Crippen molar-refractivity contribution in [3.05, 3.63) is 11.6 Å². The summed E-state index contributed by atoms with van der Waals surface area (Å²) in [4.78, 5) is 12.6. The van der Waals surface area contributed by atoms with Crippen molar-refractivity contribution in [3.63, 3.8) is 0 Å². The highest BCUT2D eigenvalue weighted by molar-refractivity contribution is 5.23. The number of hydrogen-bond donors (Lipinski definition) is 3. The van der Waals surface area contributed by atoms with E-state index in [1.807, 2.05) is 14.0 Å². The fourth-order valence-corrected chi connectivity index (χ4v) is 1.34. The maximum absolute atomic E-state index is 8.73. The number of aliphatic hydroxyl groups is 1. The molecule has 102 valence electrons. The largest absolute Gasteiger partial charge is 0.395 e. The first-order valence-corrected chi connectivity index (χ1v) is 6.05. The second-order valence-corrected chi connectivity index (χ2v) is 3.74. The zero-order valence-electron chi connectivity index (χ0n) is 10.9. The van der Waals surface area contributed by atoms with Gasteiger partial charge in [-0.2, -0.15) is 9.97 Å². The average molecular weight is 255 g/mol. The monoisotopic (exact) mass is 255 g/mol. The van der Waals surface area contributed by atoms with Gasteiger partial charge in [0.1, 0.15) is 11.6 Å². The molecule has 18 heavy (non-hydrogen) atoms. The number of aryl methyl sites for hydroxylation is 1. The second-order valence-electron chi connectivity index (χ2n) is 3.74. The lowest BCUT2D eigenvalue weighted by molar-refractivity contribution is 0.139. The van der Waals surface area contributed by atoms with Crippen molar-refractivity contribution >= 4 is 5.95 Å². The normalized spacial score (nSPS) is 10.6. The Morgan fingerprint density at radius 3 is 2.72 bits per heavy atom. The van der Waals surface area contributed by atoms with Gasteiger partial charge in [-0.05, 0) is 14.0 Å². The van der Waals surface area contributed by atoms with Crippen LogP contribution in [0.4, 0.5) is 5.95 Å². The molecule has 1 aromatic heterocycles. The summed E-state index contributed by atoms with van der Waals surface area (Å²) in [6, 6.07) is 0. The van der Waals surface area contributed by atoms with Crippen LogP contribution in [0.15, 0.2) is 0 Å². The van der Waals surface area contributed by atoms with Crippen molar-refractivity contribution in [2.75, 3.05) is 45.3 Å². The molecule has 7 nitrogen and oxygen atoms in total. The smallest absolute Gasteiger partial charge is 0.226 e. The Balaban J connectivity index is 2.41. The maximum atomic E-state index is 8.73. The average Bonchev–Trinajstić information content (AvgIpc) is 2.35. The molecule has 0 bridgehead atoms. The van der Waals surface area contributed by atoms with Crippen LogP contribution in [0.2, 0.25) is 0 Å². The van der Waals surface area contributed by atoms with Crippen LogP contribution < -0.4 is 10.6 Å². The second kappa shape index (κ2) is 8.73. The van der Waals surface area contributed by atoms with Gasteiger partial charge in [-0.1, -0.05) is 0 Å². The van der Waals surface area contributed by atoms with Crippen LogP contribution in [0.5, 0.6) is 0 Å². The Morgan fingerprint density at radius 2 is 2.00 bits per heavy atom. The number of hydrogen-bond acceptors (Lipinski definition) is 7. The van der Waals surface area contributed by atoms with Crippen LogP contribution in [0, 0.1) is 6.92 Å². The van der Waals surface area contributed by atoms with E-state index >= 15 is 0 Å². The molecule has 0 aromatic carbocycles. The number of aliphatic hydroxyl groups excluding tert-OH is 1. The van der Waals surface area contributed by atoms with E-state index in [0.29, 0.717) is 43.8 Å². The third kappa shape index (κ3) is 5.85. The Kier molecular flexibility index (Phi) is 7.16. The van der Waals surface area contributed by atoms with Crippen LogP contribution >= 0.6 is 0 Å². The summed E-state index contributed by atoms with van der Waals surface area (Å²) in [6.07, 6.45) is 0.654. The number of nitrogens with one attached hydrogen (secondary N) is 2. The van der Waals surface area contributed by atoms with Gasteiger partial charge in [0.2, 0.25) is 5.95 Å². The van der Waals surface area contributed by atoms with E-state index in [9.17, 15) is 0 Å². The molecule has 0 saturated heterocycles. The van der Waals surface area contributed by atoms with Crippen molar-refractivity contribution in [2.24, 2.45) is 0 Å². The fourth-order valence-electron chi connectivity index (χ4n) is 1.34. The Hall–Kier alpha value is -1.31. The van der Waals surface area contributed by atoms with E-state index in [1.54, 1.807) is 0 Å². The molecule has 0 saturated carbocycles. The van der Waals surface area contributed by atoms with E-state index in [4.69, 9.17) is 9.84 Å². The predicted octanol–water partition coefficient (Wildman–Crippen LogP) is -0.637. The minimum absolute atomic E-state index is 0.0488. The summed E-state index contributed by atoms with van der Waals surface area (Å²) < 4.78 is 5.42. The van der Waals surface area contributed by atoms with Gasteiger partial charge in [-0.25, -0.2) is 4.98 Å². The lowest BCUT2D eigenvalue weighted by atomic mass is 10.4. The van der Waals surface area contributed by atoms with Gasteiger partial charge in [-0.3, -0.25) is 0 Å². The molecule has 3 N–H and O–H groups in total. The Bertz CT molecular complexity index is 348. The molecular formula is C11H21N5O2. The van der Waals surface area contributed by atoms with Gasteiger partial charge in [0.05, 0.1) is 19.8 Å². The molecule has 0 amide bonds. The predicted molar refractivity (Wildman–Crippen MR) is 68.6 cm³/mol. The maximum Gasteiger partial charge on any atom is 0.226 e. The third-order valence-corrected chi connectivity index (χ3v) is 2.15. The van der Waals surface area contributed by atoms with Gasteiger partial charge < -0.3 is 20.5 Å². The minimum Gasteiger partial charge on any atom is -0.395 e. The molecule has 0 unspecified atom stereocenters. The molecule has 1 aromatic rings. The summed E-state index contributed by atoms with van der Waals surface area (Å²) >= 11 is 0. The highest BCUT2D eigenvalue weighted by Gasteiger charge is 2.03. The summed E-state index contributed by atoms with van der Waals surface area (Å²) in [7, 11) is 1.89. The molecule has 1 heterocycles. The molecule has 0 atom stereocenters. The Morgan fingerprint density at radius 1 is 1.17 bits per heavy atom. The van der Waals surface area contributed by atoms with E-state index < -0.39 is 0 Å². The molecule has 0 aliphatic rings. The van der Waals surface area contributed by atoms with Crippen molar-refractivity contribution in [2.45, 2.75) is 13.3 Å². The summed E-state index contributed by atoms with van der Waals surface area (Å²) in [5.74, 6) is 1.87. The van der Waals surface area contributed by atoms with Crippen LogP contribution in [-0.4, -0.2) is 60.0 Å². The molecule has 0 spiro atoms. The van der Waals surface area contributed by atoms with Crippen molar-refractivity contribution in [3.8, 4) is 0 Å². The zero-order chi connectivity index (χ0) is 13.2. The van der Waals surface area contributed by atoms with E-state index in [-0.39, 0.29) is 6.61 Å². The molecule has 0 aliphatic heterocycles. The number of anilines is 1. The van der Waals surface area contributed by atoms with E-state index in [0.717, 1.165) is 6.54 Å². The van der Waals surface area contributed by atoms with Gasteiger partial charge in [-0.15, -0.1) is 0 Å². The molecular weight excluding hydrogens is 234 g/mol. The summed E-state index contributed by atoms with van der Waals surface area (Å²) in [5, 5.41) is 14.7. The number of likely N-dealkylation sites (N-methyl/N-ethyl adjacent to an activating group) is 1. The van der Waals surface area contributed by atoms with E-state index in [2.05, 4.69) is 25.6 Å². The van der Waals surface area contributed by atoms with Crippen LogP contribution in [0.1, 0.15) is 11.6 Å². The van der Waals surface area contributed by atoms with Crippen LogP contribution in [0.3, 0.4) is 0 Å². The summed E-state index contributed by atoms with van der Waals surface area (Å²) in [5.41, 5.74) is 0. The summed E-state index contributed by atoms with van der Waals surface area (Å²) in [6.45, 7) is 4.40. The highest BCUT2D eigenvalue weighted by atomic mass is 16.5. The molecule has 1 rings (SSSR count). The number of rotatable bonds is 9. The van der Waals surface area contributed by atoms with E-state index in [1.165, 1.54) is 0 Å². The highest BCUT2D eigenvalue weighted by Crippen LogP contribution is 2.01. The van der Waals surface area contributed by atoms with Crippen molar-refractivity contribution in [1.29, 1.82) is 0 Å². The first-order valence-electron chi connectivity index (χ1n) is 6.05. The topological polar surface area (TPSA) is 92.2 Å². The van der Waals surface area contributed by atoms with Crippen molar-refractivity contribution < 1.29 is 9.84 Å². The van der Waals surface area contributed by atoms with Crippen LogP contribution in [0.25, 0.3) is 0 Å². The quantitative estimate of drug-likeness (QED) is 0.506. The zero-order valence-corrected chi connectivity index (χ0v) is 10.9. The van der Waals surface area contributed by atoms with Gasteiger partial charge in [0.15, 0.2) is 0 Å². The minimum atomic E-state index is 0.0488. The molecule has 0 radical (unpaired) electrons.